The predicted octanol–water partition coefficient (Wildman–Crippen LogP) is 5.85. The predicted molar refractivity (Wildman–Crippen MR) is 117 cm³/mol. The number of carbonyl (C=O) groups is 1. The van der Waals surface area contributed by atoms with E-state index in [1.807, 2.05) is 85.8 Å². The lowest BCUT2D eigenvalue weighted by molar-refractivity contribution is -0.114. The quantitative estimate of drug-likeness (QED) is 0.404. The van der Waals surface area contributed by atoms with Gasteiger partial charge < -0.3 is 0 Å². The van der Waals surface area contributed by atoms with Crippen molar-refractivity contribution in [2.24, 2.45) is 0 Å². The van der Waals surface area contributed by atoms with Gasteiger partial charge >= 0.3 is 0 Å². The van der Waals surface area contributed by atoms with Gasteiger partial charge in [0.05, 0.1) is 16.8 Å². The van der Waals surface area contributed by atoms with Crippen molar-refractivity contribution in [3.63, 3.8) is 0 Å². The molecule has 28 heavy (non-hydrogen) atoms. The molecule has 0 saturated heterocycles. The Labute approximate surface area is 168 Å². The molecule has 0 fully saturated rings. The van der Waals surface area contributed by atoms with Gasteiger partial charge in [-0.1, -0.05) is 84.1 Å². The van der Waals surface area contributed by atoms with Crippen molar-refractivity contribution in [2.75, 3.05) is 4.90 Å². The van der Waals surface area contributed by atoms with Gasteiger partial charge in [-0.15, -0.1) is 0 Å². The molecule has 0 aliphatic rings. The van der Waals surface area contributed by atoms with E-state index in [2.05, 4.69) is 6.07 Å². The first-order chi connectivity index (χ1) is 13.7. The van der Waals surface area contributed by atoms with Gasteiger partial charge in [0.25, 0.3) is 5.91 Å². The summed E-state index contributed by atoms with van der Waals surface area (Å²) < 4.78 is 1.09. The number of para-hydroxylation sites is 1. The molecule has 0 unspecified atom stereocenters. The zero-order valence-electron chi connectivity index (χ0n) is 15.6. The summed E-state index contributed by atoms with van der Waals surface area (Å²) in [5, 5.41) is 0.718. The molecule has 0 atom stereocenters. The van der Waals surface area contributed by atoms with Crippen molar-refractivity contribution in [3.8, 4) is 0 Å². The van der Waals surface area contributed by atoms with E-state index in [1.165, 1.54) is 0 Å². The molecule has 0 N–H and O–H groups in total. The molecular weight excluding hydrogens is 364 g/mol. The Balaban J connectivity index is 1.69. The summed E-state index contributed by atoms with van der Waals surface area (Å²) in [7, 11) is 0. The third-order valence-electron chi connectivity index (χ3n) is 4.51. The highest BCUT2D eigenvalue weighted by molar-refractivity contribution is 7.22. The number of aromatic nitrogens is 1. The van der Waals surface area contributed by atoms with E-state index >= 15 is 0 Å². The third kappa shape index (κ3) is 4.02. The highest BCUT2D eigenvalue weighted by atomic mass is 32.1. The molecule has 0 radical (unpaired) electrons. The second-order valence-corrected chi connectivity index (χ2v) is 7.58. The minimum atomic E-state index is -0.0792. The number of aryl methyl sites for hydroxylation is 1. The number of amides is 1. The van der Waals surface area contributed by atoms with Gasteiger partial charge in [0.15, 0.2) is 5.13 Å². The number of hydrogen-bond acceptors (Lipinski definition) is 3. The number of hydrogen-bond donors (Lipinski definition) is 0. The maximum Gasteiger partial charge on any atom is 0.253 e. The number of rotatable bonds is 5. The first-order valence-corrected chi connectivity index (χ1v) is 9.97. The van der Waals surface area contributed by atoms with Crippen molar-refractivity contribution < 1.29 is 4.79 Å². The molecule has 3 nitrogen and oxygen atoms in total. The summed E-state index contributed by atoms with van der Waals surface area (Å²) in [4.78, 5) is 19.6. The SMILES string of the molecule is Cc1cccc2sc(N(Cc3ccccc3)C(=O)/C=C/c3ccccc3)nc12. The van der Waals surface area contributed by atoms with Crippen LogP contribution < -0.4 is 4.90 Å². The monoisotopic (exact) mass is 384 g/mol. The molecule has 138 valence electrons. The molecule has 0 bridgehead atoms. The lowest BCUT2D eigenvalue weighted by Crippen LogP contribution is -2.28. The highest BCUT2D eigenvalue weighted by Crippen LogP contribution is 2.31. The first-order valence-electron chi connectivity index (χ1n) is 9.15. The Morgan fingerprint density at radius 3 is 2.39 bits per heavy atom. The third-order valence-corrected chi connectivity index (χ3v) is 5.55. The first kappa shape index (κ1) is 18.1. The average molecular weight is 385 g/mol. The number of benzene rings is 3. The zero-order chi connectivity index (χ0) is 19.3. The highest BCUT2D eigenvalue weighted by Gasteiger charge is 2.19. The van der Waals surface area contributed by atoms with E-state index in [0.717, 1.165) is 32.0 Å². The van der Waals surface area contributed by atoms with Crippen LogP contribution in [0, 0.1) is 6.92 Å². The van der Waals surface area contributed by atoms with Gasteiger partial charge in [0.1, 0.15) is 0 Å². The summed E-state index contributed by atoms with van der Waals surface area (Å²) in [5.41, 5.74) is 4.14. The second-order valence-electron chi connectivity index (χ2n) is 6.57. The Morgan fingerprint density at radius 2 is 1.68 bits per heavy atom. The molecular formula is C24H20N2OS. The van der Waals surface area contributed by atoms with Crippen LogP contribution in [0.2, 0.25) is 0 Å². The van der Waals surface area contributed by atoms with Crippen LogP contribution in [-0.2, 0) is 11.3 Å². The molecule has 1 aromatic heterocycles. The van der Waals surface area contributed by atoms with Crippen LogP contribution in [0.15, 0.2) is 84.9 Å². The summed E-state index contributed by atoms with van der Waals surface area (Å²) in [6.45, 7) is 2.53. The fourth-order valence-corrected chi connectivity index (χ4v) is 4.07. The number of nitrogens with zero attached hydrogens (tertiary/aromatic N) is 2. The maximum absolute atomic E-state index is 13.1. The molecule has 1 heterocycles. The molecule has 4 aromatic rings. The minimum absolute atomic E-state index is 0.0792. The fourth-order valence-electron chi connectivity index (χ4n) is 3.02. The van der Waals surface area contributed by atoms with Gasteiger partial charge in [-0.2, -0.15) is 0 Å². The Bertz CT molecular complexity index is 1120. The Morgan fingerprint density at radius 1 is 0.964 bits per heavy atom. The molecule has 0 spiro atoms. The van der Waals surface area contributed by atoms with Gasteiger partial charge in [0, 0.05) is 6.08 Å². The standard InChI is InChI=1S/C24H20N2OS/c1-18-9-8-14-21-23(18)25-24(28-21)26(17-20-12-6-3-7-13-20)22(27)16-15-19-10-4-2-5-11-19/h2-16H,17H2,1H3/b16-15+. The van der Waals surface area contributed by atoms with Gasteiger partial charge in [-0.3, -0.25) is 9.69 Å². The molecule has 0 aliphatic carbocycles. The smallest absolute Gasteiger partial charge is 0.253 e. The largest absolute Gasteiger partial charge is 0.280 e. The second kappa shape index (κ2) is 8.19. The van der Waals surface area contributed by atoms with Crippen molar-refractivity contribution in [3.05, 3.63) is 102 Å². The molecule has 1 amide bonds. The van der Waals surface area contributed by atoms with Crippen LogP contribution in [0.5, 0.6) is 0 Å². The van der Waals surface area contributed by atoms with Crippen LogP contribution >= 0.6 is 11.3 Å². The van der Waals surface area contributed by atoms with Gasteiger partial charge in [-0.25, -0.2) is 4.98 Å². The molecule has 0 saturated carbocycles. The number of thiazole rings is 1. The van der Waals surface area contributed by atoms with E-state index in [4.69, 9.17) is 4.98 Å². The molecule has 0 aliphatic heterocycles. The number of carbonyl (C=O) groups excluding carboxylic acids is 1. The van der Waals surface area contributed by atoms with Crippen molar-refractivity contribution in [1.82, 2.24) is 4.98 Å². The van der Waals surface area contributed by atoms with E-state index in [-0.39, 0.29) is 5.91 Å². The topological polar surface area (TPSA) is 33.2 Å². The van der Waals surface area contributed by atoms with Crippen LogP contribution in [0.4, 0.5) is 5.13 Å². The summed E-state index contributed by atoms with van der Waals surface area (Å²) in [6, 6.07) is 26.0. The van der Waals surface area contributed by atoms with E-state index in [9.17, 15) is 4.79 Å². The Hall–Kier alpha value is -3.24. The zero-order valence-corrected chi connectivity index (χ0v) is 16.4. The van der Waals surface area contributed by atoms with Gasteiger partial charge in [0.2, 0.25) is 0 Å². The molecule has 4 heteroatoms. The van der Waals surface area contributed by atoms with Crippen LogP contribution in [-0.4, -0.2) is 10.9 Å². The normalized spacial score (nSPS) is 11.2. The molecule has 4 rings (SSSR count). The van der Waals surface area contributed by atoms with Crippen LogP contribution in [0.25, 0.3) is 16.3 Å². The summed E-state index contributed by atoms with van der Waals surface area (Å²) >= 11 is 1.55. The van der Waals surface area contributed by atoms with Crippen molar-refractivity contribution in [1.29, 1.82) is 0 Å². The van der Waals surface area contributed by atoms with Gasteiger partial charge in [-0.05, 0) is 35.8 Å². The average Bonchev–Trinajstić information content (AvgIpc) is 3.17. The van der Waals surface area contributed by atoms with Crippen molar-refractivity contribution in [2.45, 2.75) is 13.5 Å². The van der Waals surface area contributed by atoms with E-state index in [0.29, 0.717) is 6.54 Å². The maximum atomic E-state index is 13.1. The minimum Gasteiger partial charge on any atom is -0.280 e. The fraction of sp³-hybridized carbons (Fsp3) is 0.0833. The van der Waals surface area contributed by atoms with E-state index < -0.39 is 0 Å². The van der Waals surface area contributed by atoms with Crippen LogP contribution in [0.1, 0.15) is 16.7 Å². The number of anilines is 1. The summed E-state index contributed by atoms with van der Waals surface area (Å²) in [6.07, 6.45) is 3.47. The lowest BCUT2D eigenvalue weighted by atomic mass is 10.2. The summed E-state index contributed by atoms with van der Waals surface area (Å²) in [5.74, 6) is -0.0792. The van der Waals surface area contributed by atoms with E-state index in [1.54, 1.807) is 22.3 Å². The van der Waals surface area contributed by atoms with Crippen LogP contribution in [0.3, 0.4) is 0 Å². The lowest BCUT2D eigenvalue weighted by Gasteiger charge is -2.18. The number of fused-ring (bicyclic) bond motifs is 1. The Kier molecular flexibility index (Phi) is 5.31. The van der Waals surface area contributed by atoms with Crippen molar-refractivity contribution >= 4 is 38.7 Å². The molecule has 3 aromatic carbocycles.